The van der Waals surface area contributed by atoms with E-state index in [0.717, 1.165) is 0 Å². The van der Waals surface area contributed by atoms with Crippen molar-refractivity contribution in [1.29, 1.82) is 0 Å². The third kappa shape index (κ3) is 1.84. The molecule has 1 N–H and O–H groups in total. The Balaban J connectivity index is 1.94. The van der Waals surface area contributed by atoms with Crippen molar-refractivity contribution in [2.75, 3.05) is 0 Å². The van der Waals surface area contributed by atoms with E-state index in [1.165, 1.54) is 55.2 Å². The van der Waals surface area contributed by atoms with Crippen LogP contribution in [0.15, 0.2) is 46.4 Å². The SMILES string of the molecule is [Se]=P1(c2ccccc2)C2=C(CCC2)NN=C2CCCC21. The van der Waals surface area contributed by atoms with Crippen LogP contribution in [0.1, 0.15) is 38.5 Å². The Kier molecular flexibility index (Phi) is 3.26. The normalized spacial score (nSPS) is 32.2. The van der Waals surface area contributed by atoms with E-state index >= 15 is 0 Å². The Morgan fingerprint density at radius 3 is 2.80 bits per heavy atom. The average Bonchev–Trinajstić information content (AvgIpc) is 3.13. The minimum absolute atomic E-state index is 0.642. The van der Waals surface area contributed by atoms with Crippen LogP contribution < -0.4 is 10.7 Å². The molecular formula is C16H19N2PSe. The summed E-state index contributed by atoms with van der Waals surface area (Å²) in [6.45, 7) is 0. The van der Waals surface area contributed by atoms with Crippen molar-refractivity contribution in [2.45, 2.75) is 44.2 Å². The van der Waals surface area contributed by atoms with E-state index < -0.39 is 5.51 Å². The molecule has 1 saturated carbocycles. The van der Waals surface area contributed by atoms with Crippen LogP contribution in [-0.2, 0) is 0 Å². The Morgan fingerprint density at radius 2 is 1.95 bits per heavy atom. The Labute approximate surface area is 128 Å². The number of hydrogen-bond acceptors (Lipinski definition) is 2. The van der Waals surface area contributed by atoms with Crippen molar-refractivity contribution in [3.05, 3.63) is 41.3 Å². The van der Waals surface area contributed by atoms with Crippen molar-refractivity contribution in [3.63, 3.8) is 0 Å². The van der Waals surface area contributed by atoms with Gasteiger partial charge in [0.2, 0.25) is 0 Å². The van der Waals surface area contributed by atoms with Crippen LogP contribution in [0, 0.1) is 0 Å². The van der Waals surface area contributed by atoms with Crippen LogP contribution in [0.2, 0.25) is 0 Å². The number of fused-ring (bicyclic) bond motifs is 1. The molecule has 2 atom stereocenters. The number of nitrogens with zero attached hydrogens (tertiary/aromatic N) is 1. The summed E-state index contributed by atoms with van der Waals surface area (Å²) in [7, 11) is 0. The van der Waals surface area contributed by atoms with Gasteiger partial charge >= 0.3 is 128 Å². The van der Waals surface area contributed by atoms with Crippen LogP contribution in [0.5, 0.6) is 0 Å². The minimum atomic E-state index is -1.41. The van der Waals surface area contributed by atoms with Gasteiger partial charge in [-0.05, 0) is 0 Å². The molecule has 104 valence electrons. The first-order valence-electron chi connectivity index (χ1n) is 7.50. The second-order valence-electron chi connectivity index (χ2n) is 5.90. The first kappa shape index (κ1) is 13.1. The molecule has 0 amide bonds. The standard InChI is InChI=1S/C16H19N2PSe/c20-19(12-6-2-1-3-7-12)15-10-4-8-13(15)17-18-14-9-5-11-16(14)19/h1-3,6-7,15,18H,4-5,8-11H2. The molecule has 20 heavy (non-hydrogen) atoms. The van der Waals surface area contributed by atoms with E-state index in [2.05, 4.69) is 50.9 Å². The molecule has 2 unspecified atom stereocenters. The maximum absolute atomic E-state index is 4.77. The number of hydrogen-bond donors (Lipinski definition) is 1. The van der Waals surface area contributed by atoms with Gasteiger partial charge in [0.05, 0.1) is 0 Å². The van der Waals surface area contributed by atoms with Crippen LogP contribution in [0.3, 0.4) is 0 Å². The first-order chi connectivity index (χ1) is 9.80. The maximum atomic E-state index is 4.77. The molecule has 1 fully saturated rings. The molecule has 4 heteroatoms. The zero-order chi connectivity index (χ0) is 13.6. The molecule has 1 aromatic rings. The van der Waals surface area contributed by atoms with Gasteiger partial charge in [-0.3, -0.25) is 0 Å². The summed E-state index contributed by atoms with van der Waals surface area (Å²) in [6.07, 6.45) is 7.48. The quantitative estimate of drug-likeness (QED) is 0.611. The zero-order valence-electron chi connectivity index (χ0n) is 11.5. The summed E-state index contributed by atoms with van der Waals surface area (Å²) in [5.41, 5.74) is 5.48. The predicted octanol–water partition coefficient (Wildman–Crippen LogP) is 3.32. The molecule has 1 aliphatic heterocycles. The van der Waals surface area contributed by atoms with Crippen LogP contribution in [-0.4, -0.2) is 26.5 Å². The van der Waals surface area contributed by atoms with E-state index in [4.69, 9.17) is 5.10 Å². The van der Waals surface area contributed by atoms with Crippen molar-refractivity contribution < 1.29 is 0 Å². The number of rotatable bonds is 1. The van der Waals surface area contributed by atoms with E-state index in [0.29, 0.717) is 5.66 Å². The molecule has 0 bridgehead atoms. The second-order valence-corrected chi connectivity index (χ2v) is 12.5. The molecule has 0 saturated heterocycles. The van der Waals surface area contributed by atoms with Gasteiger partial charge in [0, 0.05) is 0 Å². The van der Waals surface area contributed by atoms with Gasteiger partial charge in [-0.1, -0.05) is 0 Å². The number of allylic oxidation sites excluding steroid dienone is 2. The van der Waals surface area contributed by atoms with Crippen LogP contribution >= 0.6 is 5.51 Å². The van der Waals surface area contributed by atoms with Gasteiger partial charge in [-0.2, -0.15) is 0 Å². The summed E-state index contributed by atoms with van der Waals surface area (Å²) in [5.74, 6) is 0. The van der Waals surface area contributed by atoms with Crippen molar-refractivity contribution in [3.8, 4) is 0 Å². The van der Waals surface area contributed by atoms with Gasteiger partial charge in [-0.25, -0.2) is 0 Å². The van der Waals surface area contributed by atoms with Crippen molar-refractivity contribution in [1.82, 2.24) is 5.43 Å². The van der Waals surface area contributed by atoms with E-state index in [-0.39, 0.29) is 0 Å². The Bertz CT molecular complexity index is 648. The summed E-state index contributed by atoms with van der Waals surface area (Å²) < 4.78 is 0. The molecule has 1 heterocycles. The molecule has 0 spiro atoms. The number of nitrogens with one attached hydrogen (secondary N) is 1. The fourth-order valence-corrected chi connectivity index (χ4v) is 11.2. The van der Waals surface area contributed by atoms with Gasteiger partial charge in [0.1, 0.15) is 0 Å². The van der Waals surface area contributed by atoms with Gasteiger partial charge < -0.3 is 0 Å². The Hall–Kier alpha value is -0.621. The van der Waals surface area contributed by atoms with E-state index in [1.807, 2.05) is 0 Å². The summed E-state index contributed by atoms with van der Waals surface area (Å²) in [5, 5.41) is 7.97. The fourth-order valence-electron chi connectivity index (χ4n) is 3.86. The molecule has 1 aromatic carbocycles. The van der Waals surface area contributed by atoms with E-state index in [1.54, 1.807) is 5.31 Å². The average molecular weight is 349 g/mol. The molecule has 2 aliphatic carbocycles. The van der Waals surface area contributed by atoms with E-state index in [9.17, 15) is 0 Å². The molecule has 2 nitrogen and oxygen atoms in total. The number of hydrazone groups is 1. The number of benzene rings is 1. The van der Waals surface area contributed by atoms with Gasteiger partial charge in [-0.15, -0.1) is 0 Å². The zero-order valence-corrected chi connectivity index (χ0v) is 14.1. The predicted molar refractivity (Wildman–Crippen MR) is 87.8 cm³/mol. The molecular weight excluding hydrogens is 330 g/mol. The first-order valence-corrected chi connectivity index (χ1v) is 11.6. The monoisotopic (exact) mass is 350 g/mol. The van der Waals surface area contributed by atoms with Crippen molar-refractivity contribution in [2.24, 2.45) is 5.10 Å². The summed E-state index contributed by atoms with van der Waals surface area (Å²) >= 11 is 3.72. The molecule has 4 rings (SSSR count). The van der Waals surface area contributed by atoms with Crippen LogP contribution in [0.4, 0.5) is 0 Å². The molecule has 3 aliphatic rings. The fraction of sp³-hybridized carbons (Fsp3) is 0.438. The summed E-state index contributed by atoms with van der Waals surface area (Å²) in [6, 6.07) is 11.2. The van der Waals surface area contributed by atoms with Gasteiger partial charge in [0.15, 0.2) is 0 Å². The second kappa shape index (κ2) is 4.98. The topological polar surface area (TPSA) is 24.4 Å². The molecule has 0 radical (unpaired) electrons. The third-order valence-corrected chi connectivity index (χ3v) is 12.9. The van der Waals surface area contributed by atoms with Gasteiger partial charge in [0.25, 0.3) is 0 Å². The summed E-state index contributed by atoms with van der Waals surface area (Å²) in [4.78, 5) is 0. The van der Waals surface area contributed by atoms with Crippen LogP contribution in [0.25, 0.3) is 0 Å². The third-order valence-electron chi connectivity index (χ3n) is 4.80. The van der Waals surface area contributed by atoms with Crippen molar-refractivity contribution >= 4 is 31.6 Å². The molecule has 0 aromatic heterocycles. The Morgan fingerprint density at radius 1 is 1.10 bits per heavy atom.